The lowest BCUT2D eigenvalue weighted by Gasteiger charge is -2.17. The number of amides is 2. The average Bonchev–Trinajstić information content (AvgIpc) is 3.07. The van der Waals surface area contributed by atoms with Crippen molar-refractivity contribution in [3.63, 3.8) is 0 Å². The van der Waals surface area contributed by atoms with Crippen LogP contribution >= 0.6 is 0 Å². The summed E-state index contributed by atoms with van der Waals surface area (Å²) < 4.78 is 53.7. The normalized spacial score (nSPS) is 11.4. The van der Waals surface area contributed by atoms with Crippen LogP contribution in [0.25, 0.3) is 0 Å². The molecular formula is C21H19F2N3O4S. The van der Waals surface area contributed by atoms with Gasteiger partial charge in [-0.3, -0.25) is 9.59 Å². The first-order chi connectivity index (χ1) is 14.5. The maximum Gasteiger partial charge on any atom is 0.270 e. The highest BCUT2D eigenvalue weighted by Crippen LogP contribution is 2.30. The number of H-pyrrole nitrogens is 1. The Balaban J connectivity index is 2.07. The van der Waals surface area contributed by atoms with E-state index >= 15 is 0 Å². The quantitative estimate of drug-likeness (QED) is 0.605. The highest BCUT2D eigenvalue weighted by molar-refractivity contribution is 7.91. The molecule has 0 aliphatic rings. The molecule has 2 amide bonds. The lowest BCUT2D eigenvalue weighted by atomic mass is 10.2. The lowest BCUT2D eigenvalue weighted by molar-refractivity contribution is 0.0778. The Labute approximate surface area is 177 Å². The van der Waals surface area contributed by atoms with Gasteiger partial charge in [0.05, 0.1) is 4.90 Å². The third-order valence-electron chi connectivity index (χ3n) is 4.74. The number of aromatic nitrogens is 1. The first kappa shape index (κ1) is 22.2. The molecule has 162 valence electrons. The monoisotopic (exact) mass is 447 g/mol. The molecule has 7 nitrogen and oxygen atoms in total. The number of halogens is 2. The van der Waals surface area contributed by atoms with E-state index in [-0.39, 0.29) is 23.4 Å². The van der Waals surface area contributed by atoms with Crippen molar-refractivity contribution < 1.29 is 26.8 Å². The molecule has 0 spiro atoms. The van der Waals surface area contributed by atoms with Gasteiger partial charge in [-0.25, -0.2) is 17.2 Å². The topological polar surface area (TPSA) is 113 Å². The number of nitrogens with one attached hydrogen (secondary N) is 1. The van der Waals surface area contributed by atoms with Crippen LogP contribution in [0.1, 0.15) is 32.1 Å². The van der Waals surface area contributed by atoms with Crippen molar-refractivity contribution in [3.8, 4) is 0 Å². The molecule has 0 radical (unpaired) electrons. The Morgan fingerprint density at radius 1 is 1.06 bits per heavy atom. The molecule has 0 saturated heterocycles. The standard InChI is InChI=1S/C21H19F2N3O4S/c1-12-17(21(28)26(2)11-13-6-3-4-9-16(13)23)25-18(20(24)27)19(12)31(29,30)15-8-5-7-14(22)10-15/h3-10,25H,11H2,1-2H3,(H2,24,27). The zero-order chi connectivity index (χ0) is 22.9. The van der Waals surface area contributed by atoms with Crippen molar-refractivity contribution in [2.24, 2.45) is 5.73 Å². The van der Waals surface area contributed by atoms with E-state index in [0.29, 0.717) is 0 Å². The maximum absolute atomic E-state index is 13.9. The van der Waals surface area contributed by atoms with Gasteiger partial charge in [0, 0.05) is 19.2 Å². The van der Waals surface area contributed by atoms with E-state index < -0.39 is 48.8 Å². The summed E-state index contributed by atoms with van der Waals surface area (Å²) in [7, 11) is -2.97. The van der Waals surface area contributed by atoms with Crippen LogP contribution in [0, 0.1) is 18.6 Å². The molecule has 0 fully saturated rings. The maximum atomic E-state index is 13.9. The highest BCUT2D eigenvalue weighted by atomic mass is 32.2. The second kappa shape index (κ2) is 8.31. The fraction of sp³-hybridized carbons (Fsp3) is 0.143. The number of aromatic amines is 1. The smallest absolute Gasteiger partial charge is 0.270 e. The van der Waals surface area contributed by atoms with Gasteiger partial charge >= 0.3 is 0 Å². The summed E-state index contributed by atoms with van der Waals surface area (Å²) in [5.41, 5.74) is 4.85. The van der Waals surface area contributed by atoms with Gasteiger partial charge in [0.2, 0.25) is 9.84 Å². The van der Waals surface area contributed by atoms with Gasteiger partial charge < -0.3 is 15.6 Å². The van der Waals surface area contributed by atoms with E-state index in [1.54, 1.807) is 6.07 Å². The molecule has 2 aromatic carbocycles. The Morgan fingerprint density at radius 3 is 2.35 bits per heavy atom. The second-order valence-electron chi connectivity index (χ2n) is 6.91. The molecule has 3 aromatic rings. The van der Waals surface area contributed by atoms with Crippen LogP contribution in [0.3, 0.4) is 0 Å². The number of carbonyl (C=O) groups excluding carboxylic acids is 2. The molecule has 0 bridgehead atoms. The molecule has 0 saturated carbocycles. The van der Waals surface area contributed by atoms with E-state index in [2.05, 4.69) is 4.98 Å². The van der Waals surface area contributed by atoms with Crippen LogP contribution in [0.2, 0.25) is 0 Å². The van der Waals surface area contributed by atoms with E-state index in [9.17, 15) is 26.8 Å². The number of hydrogen-bond acceptors (Lipinski definition) is 4. The third-order valence-corrected chi connectivity index (χ3v) is 6.66. The predicted molar refractivity (Wildman–Crippen MR) is 108 cm³/mol. The Kier molecular flexibility index (Phi) is 5.94. The minimum Gasteiger partial charge on any atom is -0.364 e. The summed E-state index contributed by atoms with van der Waals surface area (Å²) >= 11 is 0. The molecule has 1 aromatic heterocycles. The van der Waals surface area contributed by atoms with Crippen molar-refractivity contribution in [1.29, 1.82) is 0 Å². The molecule has 3 rings (SSSR count). The van der Waals surface area contributed by atoms with E-state index in [4.69, 9.17) is 5.73 Å². The van der Waals surface area contributed by atoms with Crippen molar-refractivity contribution in [2.45, 2.75) is 23.3 Å². The van der Waals surface area contributed by atoms with Gasteiger partial charge in [-0.05, 0) is 36.8 Å². The summed E-state index contributed by atoms with van der Waals surface area (Å²) in [6, 6.07) is 10.1. The minimum atomic E-state index is -4.37. The molecule has 1 heterocycles. The number of benzene rings is 2. The summed E-state index contributed by atoms with van der Waals surface area (Å²) in [6.07, 6.45) is 0. The Bertz CT molecular complexity index is 1290. The SMILES string of the molecule is Cc1c(C(=O)N(C)Cc2ccccc2F)[nH]c(C(N)=O)c1S(=O)(=O)c1cccc(F)c1. The zero-order valence-electron chi connectivity index (χ0n) is 16.6. The van der Waals surface area contributed by atoms with Crippen LogP contribution < -0.4 is 5.73 Å². The fourth-order valence-electron chi connectivity index (χ4n) is 3.20. The molecular weight excluding hydrogens is 428 g/mol. The number of rotatable bonds is 6. The number of carbonyl (C=O) groups is 2. The summed E-state index contributed by atoms with van der Waals surface area (Å²) in [4.78, 5) is 27.6. The highest BCUT2D eigenvalue weighted by Gasteiger charge is 2.32. The van der Waals surface area contributed by atoms with Crippen molar-refractivity contribution in [2.75, 3.05) is 7.05 Å². The molecule has 0 atom stereocenters. The lowest BCUT2D eigenvalue weighted by Crippen LogP contribution is -2.27. The van der Waals surface area contributed by atoms with Crippen LogP contribution in [-0.2, 0) is 16.4 Å². The van der Waals surface area contributed by atoms with E-state index in [0.717, 1.165) is 12.1 Å². The molecule has 0 unspecified atom stereocenters. The summed E-state index contributed by atoms with van der Waals surface area (Å²) in [5.74, 6) is -3.06. The molecule has 31 heavy (non-hydrogen) atoms. The number of hydrogen-bond donors (Lipinski definition) is 2. The van der Waals surface area contributed by atoms with Gasteiger partial charge in [-0.15, -0.1) is 0 Å². The first-order valence-electron chi connectivity index (χ1n) is 9.06. The van der Waals surface area contributed by atoms with E-state index in [1.807, 2.05) is 0 Å². The zero-order valence-corrected chi connectivity index (χ0v) is 17.5. The van der Waals surface area contributed by atoms with Gasteiger partial charge in [-0.1, -0.05) is 24.3 Å². The fourth-order valence-corrected chi connectivity index (χ4v) is 4.88. The Morgan fingerprint density at radius 2 is 1.74 bits per heavy atom. The van der Waals surface area contributed by atoms with E-state index in [1.165, 1.54) is 49.2 Å². The number of nitrogens with two attached hydrogens (primary N) is 1. The van der Waals surface area contributed by atoms with Crippen LogP contribution in [0.15, 0.2) is 58.3 Å². The van der Waals surface area contributed by atoms with Crippen LogP contribution in [-0.4, -0.2) is 37.2 Å². The predicted octanol–water partition coefficient (Wildman–Crippen LogP) is 2.81. The van der Waals surface area contributed by atoms with Crippen LogP contribution in [0.5, 0.6) is 0 Å². The van der Waals surface area contributed by atoms with Crippen molar-refractivity contribution in [1.82, 2.24) is 9.88 Å². The summed E-state index contributed by atoms with van der Waals surface area (Å²) in [5, 5.41) is 0. The largest absolute Gasteiger partial charge is 0.364 e. The van der Waals surface area contributed by atoms with Crippen LogP contribution in [0.4, 0.5) is 8.78 Å². The van der Waals surface area contributed by atoms with Gasteiger partial charge in [0.25, 0.3) is 11.8 Å². The Hall–Kier alpha value is -3.53. The minimum absolute atomic E-state index is 0.0524. The third kappa shape index (κ3) is 4.19. The molecule has 0 aliphatic heterocycles. The number of sulfone groups is 1. The first-order valence-corrected chi connectivity index (χ1v) is 10.5. The number of primary amides is 1. The van der Waals surface area contributed by atoms with Gasteiger partial charge in [-0.2, -0.15) is 0 Å². The second-order valence-corrected chi connectivity index (χ2v) is 8.79. The summed E-state index contributed by atoms with van der Waals surface area (Å²) in [6.45, 7) is 1.24. The molecule has 0 aliphatic carbocycles. The van der Waals surface area contributed by atoms with Crippen molar-refractivity contribution >= 4 is 21.7 Å². The molecule has 10 heteroatoms. The molecule has 3 N–H and O–H groups in total. The van der Waals surface area contributed by atoms with Crippen molar-refractivity contribution in [3.05, 3.63) is 82.7 Å². The number of nitrogens with zero attached hydrogens (tertiary/aromatic N) is 1. The average molecular weight is 447 g/mol. The van der Waals surface area contributed by atoms with Gasteiger partial charge in [0.1, 0.15) is 27.9 Å². The van der Waals surface area contributed by atoms with Gasteiger partial charge in [0.15, 0.2) is 0 Å².